The fraction of sp³-hybridized carbons (Fsp3) is 0.600. The van der Waals surface area contributed by atoms with Crippen molar-refractivity contribution in [2.24, 2.45) is 0 Å². The fourth-order valence-corrected chi connectivity index (χ4v) is 5.25. The van der Waals surface area contributed by atoms with Gasteiger partial charge < -0.3 is 4.90 Å². The summed E-state index contributed by atoms with van der Waals surface area (Å²) in [6, 6.07) is 2.35. The van der Waals surface area contributed by atoms with E-state index < -0.39 is 28.0 Å². The third-order valence-electron chi connectivity index (χ3n) is 4.50. The molecule has 1 aromatic heterocycles. The average molecular weight is 371 g/mol. The highest BCUT2D eigenvalue weighted by molar-refractivity contribution is 7.88. The van der Waals surface area contributed by atoms with E-state index >= 15 is 0 Å². The summed E-state index contributed by atoms with van der Waals surface area (Å²) in [5, 5.41) is 1.94. The molecule has 0 spiro atoms. The molecule has 2 fully saturated rings. The summed E-state index contributed by atoms with van der Waals surface area (Å²) in [6.45, 7) is 2.87. The fourth-order valence-electron chi connectivity index (χ4n) is 3.47. The van der Waals surface area contributed by atoms with Gasteiger partial charge in [-0.1, -0.05) is 13.0 Å². The maximum atomic E-state index is 12.8. The zero-order chi connectivity index (χ0) is 17.5. The van der Waals surface area contributed by atoms with E-state index in [-0.39, 0.29) is 12.6 Å². The third-order valence-corrected chi connectivity index (χ3v) is 6.62. The Balaban J connectivity index is 1.96. The molecular weight excluding hydrogens is 350 g/mol. The first kappa shape index (κ1) is 17.4. The summed E-state index contributed by atoms with van der Waals surface area (Å²) >= 11 is 1.55. The molecule has 1 aromatic rings. The lowest BCUT2D eigenvalue weighted by Crippen LogP contribution is -2.65. The molecule has 0 aliphatic carbocycles. The van der Waals surface area contributed by atoms with Gasteiger partial charge in [0.2, 0.25) is 10.0 Å². The van der Waals surface area contributed by atoms with Crippen molar-refractivity contribution < 1.29 is 18.0 Å². The van der Waals surface area contributed by atoms with Gasteiger partial charge in [-0.3, -0.25) is 9.69 Å². The second kappa shape index (κ2) is 6.45. The minimum Gasteiger partial charge on any atom is -0.314 e. The van der Waals surface area contributed by atoms with Crippen molar-refractivity contribution in [3.05, 3.63) is 22.4 Å². The van der Waals surface area contributed by atoms with Crippen LogP contribution in [0.2, 0.25) is 0 Å². The average Bonchev–Trinajstić information content (AvgIpc) is 3.16. The second-order valence-corrected chi connectivity index (χ2v) is 9.12. The Morgan fingerprint density at radius 1 is 1.33 bits per heavy atom. The van der Waals surface area contributed by atoms with Gasteiger partial charge in [0.15, 0.2) is 0 Å². The molecule has 0 saturated carbocycles. The van der Waals surface area contributed by atoms with E-state index in [0.717, 1.165) is 11.1 Å². The first-order chi connectivity index (χ1) is 11.3. The highest BCUT2D eigenvalue weighted by Crippen LogP contribution is 2.33. The van der Waals surface area contributed by atoms with Crippen LogP contribution in [0, 0.1) is 0 Å². The normalized spacial score (nSPS) is 25.4. The van der Waals surface area contributed by atoms with E-state index in [1.54, 1.807) is 16.2 Å². The summed E-state index contributed by atoms with van der Waals surface area (Å²) in [4.78, 5) is 29.5. The third kappa shape index (κ3) is 2.96. The molecule has 0 N–H and O–H groups in total. The van der Waals surface area contributed by atoms with Gasteiger partial charge in [0.25, 0.3) is 5.91 Å². The smallest absolute Gasteiger partial charge is 0.314 e. The quantitative estimate of drug-likeness (QED) is 0.782. The topological polar surface area (TPSA) is 78.0 Å². The second-order valence-electron chi connectivity index (χ2n) is 6.15. The van der Waals surface area contributed by atoms with Crippen LogP contribution in [0.3, 0.4) is 0 Å². The van der Waals surface area contributed by atoms with E-state index in [0.29, 0.717) is 25.9 Å². The first-order valence-electron chi connectivity index (χ1n) is 7.95. The van der Waals surface area contributed by atoms with Crippen LogP contribution in [0.4, 0.5) is 4.79 Å². The van der Waals surface area contributed by atoms with Crippen molar-refractivity contribution in [2.45, 2.75) is 38.4 Å². The van der Waals surface area contributed by atoms with Gasteiger partial charge in [0.1, 0.15) is 6.04 Å². The highest BCUT2D eigenvalue weighted by atomic mass is 32.2. The molecule has 2 aliphatic heterocycles. The van der Waals surface area contributed by atoms with E-state index in [1.165, 1.54) is 9.21 Å². The van der Waals surface area contributed by atoms with E-state index in [4.69, 9.17) is 0 Å². The number of carbonyl (C=O) groups is 2. The Kier molecular flexibility index (Phi) is 4.67. The molecule has 0 radical (unpaired) electrons. The summed E-state index contributed by atoms with van der Waals surface area (Å²) in [5.74, 6) is -0.391. The molecule has 0 aromatic carbocycles. The van der Waals surface area contributed by atoms with Gasteiger partial charge in [-0.2, -0.15) is 4.31 Å². The van der Waals surface area contributed by atoms with Gasteiger partial charge in [-0.15, -0.1) is 11.3 Å². The van der Waals surface area contributed by atoms with Crippen molar-refractivity contribution in [3.63, 3.8) is 0 Å². The van der Waals surface area contributed by atoms with Gasteiger partial charge >= 0.3 is 6.03 Å². The Hall–Kier alpha value is -1.45. The molecule has 24 heavy (non-hydrogen) atoms. The molecular formula is C15H21N3O4S2. The van der Waals surface area contributed by atoms with Crippen LogP contribution in [0.25, 0.3) is 0 Å². The van der Waals surface area contributed by atoms with E-state index in [1.807, 2.05) is 24.4 Å². The molecule has 0 bridgehead atoms. The molecule has 0 unspecified atom stereocenters. The lowest BCUT2D eigenvalue weighted by molar-refractivity contribution is -0.136. The molecule has 7 nitrogen and oxygen atoms in total. The number of urea groups is 1. The van der Waals surface area contributed by atoms with Gasteiger partial charge in [-0.05, 0) is 24.3 Å². The monoisotopic (exact) mass is 371 g/mol. The van der Waals surface area contributed by atoms with Crippen LogP contribution in [-0.4, -0.2) is 65.9 Å². The number of imide groups is 1. The predicted octanol–water partition coefficient (Wildman–Crippen LogP) is 1.32. The number of carbonyl (C=O) groups excluding carboxylic acids is 2. The molecule has 3 amide bonds. The zero-order valence-electron chi connectivity index (χ0n) is 13.7. The number of sulfonamides is 1. The van der Waals surface area contributed by atoms with Crippen molar-refractivity contribution in [2.75, 3.05) is 19.3 Å². The van der Waals surface area contributed by atoms with Gasteiger partial charge in [-0.25, -0.2) is 13.2 Å². The molecule has 132 valence electrons. The zero-order valence-corrected chi connectivity index (χ0v) is 15.3. The standard InChI is InChI=1S/C15H21N3O4S2/c1-3-7-16-14(19)13-12(6-8-18(13)24(2,21)22)17(15(16)20)10-11-5-4-9-23-11/h4-5,9,12-13H,3,6-8,10H2,1-2H3/t12-,13-/m1/s1. The molecule has 3 heterocycles. The number of hydrogen-bond acceptors (Lipinski definition) is 5. The van der Waals surface area contributed by atoms with Crippen LogP contribution < -0.4 is 0 Å². The lowest BCUT2D eigenvalue weighted by Gasteiger charge is -2.43. The maximum absolute atomic E-state index is 12.8. The van der Waals surface area contributed by atoms with E-state index in [9.17, 15) is 18.0 Å². The SMILES string of the molecule is CCCN1C(=O)[C@H]2[C@@H](CCN2S(C)(=O)=O)N(Cc2cccs2)C1=O. The largest absolute Gasteiger partial charge is 0.327 e. The molecule has 2 saturated heterocycles. The van der Waals surface area contributed by atoms with Crippen LogP contribution in [-0.2, 0) is 21.4 Å². The predicted molar refractivity (Wildman–Crippen MR) is 91.0 cm³/mol. The molecule has 9 heteroatoms. The van der Waals surface area contributed by atoms with Crippen molar-refractivity contribution in [1.82, 2.24) is 14.1 Å². The number of rotatable bonds is 5. The molecule has 2 atom stereocenters. The number of thiophene rings is 1. The maximum Gasteiger partial charge on any atom is 0.327 e. The van der Waals surface area contributed by atoms with Crippen LogP contribution >= 0.6 is 11.3 Å². The molecule has 2 aliphatic rings. The van der Waals surface area contributed by atoms with Crippen molar-refractivity contribution in [1.29, 1.82) is 0 Å². The number of amides is 3. The molecule has 3 rings (SSSR count). The van der Waals surface area contributed by atoms with Crippen LogP contribution in [0.1, 0.15) is 24.6 Å². The van der Waals surface area contributed by atoms with Gasteiger partial charge in [0, 0.05) is 18.0 Å². The summed E-state index contributed by atoms with van der Waals surface area (Å²) in [6.07, 6.45) is 2.24. The van der Waals surface area contributed by atoms with Crippen molar-refractivity contribution >= 4 is 33.3 Å². The Morgan fingerprint density at radius 2 is 2.08 bits per heavy atom. The summed E-state index contributed by atoms with van der Waals surface area (Å²) in [5.41, 5.74) is 0. The summed E-state index contributed by atoms with van der Waals surface area (Å²) in [7, 11) is -3.50. The minimum absolute atomic E-state index is 0.272. The Morgan fingerprint density at radius 3 is 2.67 bits per heavy atom. The summed E-state index contributed by atoms with van der Waals surface area (Å²) < 4.78 is 25.4. The minimum atomic E-state index is -3.50. The van der Waals surface area contributed by atoms with E-state index in [2.05, 4.69) is 0 Å². The van der Waals surface area contributed by atoms with Crippen molar-refractivity contribution in [3.8, 4) is 0 Å². The first-order valence-corrected chi connectivity index (χ1v) is 10.7. The van der Waals surface area contributed by atoms with Gasteiger partial charge in [0.05, 0.1) is 18.8 Å². The Bertz CT molecular complexity index is 732. The number of nitrogens with zero attached hydrogens (tertiary/aromatic N) is 3. The lowest BCUT2D eigenvalue weighted by atomic mass is 10.0. The number of fused-ring (bicyclic) bond motifs is 1. The van der Waals surface area contributed by atoms with Crippen LogP contribution in [0.5, 0.6) is 0 Å². The Labute approximate surface area is 145 Å². The highest BCUT2D eigenvalue weighted by Gasteiger charge is 2.54. The number of hydrogen-bond donors (Lipinski definition) is 0. The van der Waals surface area contributed by atoms with Crippen LogP contribution in [0.15, 0.2) is 17.5 Å².